The van der Waals surface area contributed by atoms with Crippen LogP contribution in [0.5, 0.6) is 0 Å². The summed E-state index contributed by atoms with van der Waals surface area (Å²) in [5.74, 6) is -0.646. The Labute approximate surface area is 106 Å². The van der Waals surface area contributed by atoms with Crippen molar-refractivity contribution in [3.63, 3.8) is 0 Å². The van der Waals surface area contributed by atoms with Crippen molar-refractivity contribution in [2.24, 2.45) is 0 Å². The van der Waals surface area contributed by atoms with Crippen molar-refractivity contribution in [1.82, 2.24) is 5.32 Å². The van der Waals surface area contributed by atoms with Gasteiger partial charge in [0.05, 0.1) is 6.54 Å². The Hall–Kier alpha value is -1.46. The zero-order valence-corrected chi connectivity index (χ0v) is 10.6. The maximum atomic E-state index is 12.7. The molecule has 0 radical (unpaired) electrons. The molecule has 0 bridgehead atoms. The molecule has 0 unspecified atom stereocenters. The van der Waals surface area contributed by atoms with Crippen molar-refractivity contribution < 1.29 is 18.7 Å². The third kappa shape index (κ3) is 4.81. The molecule has 0 heterocycles. The van der Waals surface area contributed by atoms with E-state index >= 15 is 0 Å². The Morgan fingerprint density at radius 2 is 1.78 bits per heavy atom. The van der Waals surface area contributed by atoms with Gasteiger partial charge in [-0.05, 0) is 38.1 Å². The van der Waals surface area contributed by atoms with Gasteiger partial charge in [0.1, 0.15) is 5.82 Å². The topological polar surface area (TPSA) is 47.6 Å². The molecule has 18 heavy (non-hydrogen) atoms. The van der Waals surface area contributed by atoms with Gasteiger partial charge in [0.15, 0.2) is 6.29 Å². The molecule has 1 rings (SSSR count). The first kappa shape index (κ1) is 14.6. The molecule has 0 saturated heterocycles. The van der Waals surface area contributed by atoms with E-state index in [4.69, 9.17) is 9.47 Å². The predicted octanol–water partition coefficient (Wildman–Crippen LogP) is 1.95. The third-order valence-electron chi connectivity index (χ3n) is 2.24. The second-order valence-corrected chi connectivity index (χ2v) is 3.56. The fourth-order valence-electron chi connectivity index (χ4n) is 1.42. The molecule has 1 amide bonds. The van der Waals surface area contributed by atoms with Gasteiger partial charge in [-0.25, -0.2) is 4.39 Å². The highest BCUT2D eigenvalue weighted by atomic mass is 19.1. The molecule has 100 valence electrons. The number of rotatable bonds is 7. The fourth-order valence-corrected chi connectivity index (χ4v) is 1.42. The van der Waals surface area contributed by atoms with E-state index < -0.39 is 6.29 Å². The van der Waals surface area contributed by atoms with E-state index in [2.05, 4.69) is 5.32 Å². The van der Waals surface area contributed by atoms with Gasteiger partial charge in [0.2, 0.25) is 0 Å². The molecule has 1 aromatic rings. The number of amides is 1. The second-order valence-electron chi connectivity index (χ2n) is 3.56. The molecule has 0 saturated carbocycles. The zero-order chi connectivity index (χ0) is 13.4. The quantitative estimate of drug-likeness (QED) is 0.758. The number of nitrogens with one attached hydrogen (secondary N) is 1. The van der Waals surface area contributed by atoms with E-state index in [-0.39, 0.29) is 18.3 Å². The maximum absolute atomic E-state index is 12.7. The van der Waals surface area contributed by atoms with Gasteiger partial charge < -0.3 is 14.8 Å². The van der Waals surface area contributed by atoms with Crippen molar-refractivity contribution in [2.45, 2.75) is 20.1 Å². The summed E-state index contributed by atoms with van der Waals surface area (Å²) in [6, 6.07) is 5.36. The zero-order valence-electron chi connectivity index (χ0n) is 10.6. The van der Waals surface area contributed by atoms with E-state index in [0.717, 1.165) is 0 Å². The first-order valence-corrected chi connectivity index (χ1v) is 5.94. The van der Waals surface area contributed by atoms with Crippen LogP contribution in [-0.2, 0) is 9.47 Å². The Balaban J connectivity index is 2.46. The maximum Gasteiger partial charge on any atom is 0.251 e. The first-order chi connectivity index (χ1) is 8.67. The number of benzene rings is 1. The summed E-state index contributed by atoms with van der Waals surface area (Å²) in [7, 11) is 0. The minimum Gasteiger partial charge on any atom is -0.351 e. The van der Waals surface area contributed by atoms with Crippen molar-refractivity contribution in [3.05, 3.63) is 35.6 Å². The van der Waals surface area contributed by atoms with E-state index in [1.54, 1.807) is 0 Å². The first-order valence-electron chi connectivity index (χ1n) is 5.94. The van der Waals surface area contributed by atoms with Crippen LogP contribution in [0.15, 0.2) is 24.3 Å². The van der Waals surface area contributed by atoms with Crippen LogP contribution in [0, 0.1) is 5.82 Å². The summed E-state index contributed by atoms with van der Waals surface area (Å²) in [5.41, 5.74) is 0.406. The Morgan fingerprint density at radius 1 is 1.22 bits per heavy atom. The van der Waals surface area contributed by atoms with E-state index in [0.29, 0.717) is 18.8 Å². The molecule has 0 aliphatic rings. The van der Waals surface area contributed by atoms with Crippen LogP contribution in [0.2, 0.25) is 0 Å². The lowest BCUT2D eigenvalue weighted by atomic mass is 10.2. The van der Waals surface area contributed by atoms with Crippen molar-refractivity contribution in [3.8, 4) is 0 Å². The largest absolute Gasteiger partial charge is 0.351 e. The molecule has 0 fully saturated rings. The number of halogens is 1. The fraction of sp³-hybridized carbons (Fsp3) is 0.462. The lowest BCUT2D eigenvalue weighted by molar-refractivity contribution is -0.131. The van der Waals surface area contributed by atoms with Crippen LogP contribution in [0.1, 0.15) is 24.2 Å². The molecule has 4 nitrogen and oxygen atoms in total. The van der Waals surface area contributed by atoms with Gasteiger partial charge in [-0.3, -0.25) is 4.79 Å². The monoisotopic (exact) mass is 255 g/mol. The van der Waals surface area contributed by atoms with Crippen LogP contribution in [0.3, 0.4) is 0 Å². The summed E-state index contributed by atoms with van der Waals surface area (Å²) in [5, 5.41) is 2.68. The number of carbonyl (C=O) groups excluding carboxylic acids is 1. The average molecular weight is 255 g/mol. The minimum atomic E-state index is -0.454. The average Bonchev–Trinajstić information content (AvgIpc) is 2.37. The number of ether oxygens (including phenoxy) is 2. The SMILES string of the molecule is CCOC(CNC(=O)c1ccc(F)cc1)OCC. The molecular formula is C13H18FNO3. The van der Waals surface area contributed by atoms with Gasteiger partial charge in [0.25, 0.3) is 5.91 Å². The van der Waals surface area contributed by atoms with Crippen molar-refractivity contribution in [2.75, 3.05) is 19.8 Å². The highest BCUT2D eigenvalue weighted by Gasteiger charge is 2.11. The highest BCUT2D eigenvalue weighted by Crippen LogP contribution is 2.02. The Kier molecular flexibility index (Phi) is 6.32. The van der Waals surface area contributed by atoms with Crippen LogP contribution in [0.4, 0.5) is 4.39 Å². The molecule has 0 spiro atoms. The van der Waals surface area contributed by atoms with Gasteiger partial charge in [0, 0.05) is 18.8 Å². The highest BCUT2D eigenvalue weighted by molar-refractivity contribution is 5.94. The molecule has 0 aliphatic carbocycles. The third-order valence-corrected chi connectivity index (χ3v) is 2.24. The predicted molar refractivity (Wildman–Crippen MR) is 65.8 cm³/mol. The van der Waals surface area contributed by atoms with Gasteiger partial charge >= 0.3 is 0 Å². The Bertz CT molecular complexity index is 361. The summed E-state index contributed by atoms with van der Waals surface area (Å²) in [4.78, 5) is 11.7. The van der Waals surface area contributed by atoms with Crippen LogP contribution >= 0.6 is 0 Å². The molecule has 1 N–H and O–H groups in total. The summed E-state index contributed by atoms with van der Waals surface area (Å²) < 4.78 is 23.3. The lowest BCUT2D eigenvalue weighted by Gasteiger charge is -2.17. The smallest absolute Gasteiger partial charge is 0.251 e. The van der Waals surface area contributed by atoms with E-state index in [9.17, 15) is 9.18 Å². The van der Waals surface area contributed by atoms with Crippen LogP contribution < -0.4 is 5.32 Å². The van der Waals surface area contributed by atoms with Crippen molar-refractivity contribution >= 4 is 5.91 Å². The molecule has 5 heteroatoms. The van der Waals surface area contributed by atoms with Gasteiger partial charge in [-0.1, -0.05) is 0 Å². The molecule has 0 atom stereocenters. The van der Waals surface area contributed by atoms with E-state index in [1.807, 2.05) is 13.8 Å². The summed E-state index contributed by atoms with van der Waals surface area (Å²) in [6.07, 6.45) is -0.454. The van der Waals surface area contributed by atoms with Crippen molar-refractivity contribution in [1.29, 1.82) is 0 Å². The molecule has 0 aromatic heterocycles. The molecule has 0 aliphatic heterocycles. The van der Waals surface area contributed by atoms with Gasteiger partial charge in [-0.2, -0.15) is 0 Å². The van der Waals surface area contributed by atoms with E-state index in [1.165, 1.54) is 24.3 Å². The van der Waals surface area contributed by atoms with Gasteiger partial charge in [-0.15, -0.1) is 0 Å². The minimum absolute atomic E-state index is 0.262. The normalized spacial score (nSPS) is 10.7. The number of carbonyl (C=O) groups is 1. The lowest BCUT2D eigenvalue weighted by Crippen LogP contribution is -2.35. The number of hydrogen-bond acceptors (Lipinski definition) is 3. The summed E-state index contributed by atoms with van der Waals surface area (Å²) in [6.45, 7) is 4.99. The Morgan fingerprint density at radius 3 is 2.28 bits per heavy atom. The second kappa shape index (κ2) is 7.79. The summed E-state index contributed by atoms with van der Waals surface area (Å²) >= 11 is 0. The van der Waals surface area contributed by atoms with Crippen LogP contribution in [0.25, 0.3) is 0 Å². The molecular weight excluding hydrogens is 237 g/mol. The van der Waals surface area contributed by atoms with Crippen LogP contribution in [-0.4, -0.2) is 32.0 Å². The molecule has 1 aromatic carbocycles. The standard InChI is InChI=1S/C13H18FNO3/c1-3-17-12(18-4-2)9-15-13(16)10-5-7-11(14)8-6-10/h5-8,12H,3-4,9H2,1-2H3,(H,15,16). The number of hydrogen-bond donors (Lipinski definition) is 1.